The number of fused-ring (bicyclic) bond motifs is 1. The number of rotatable bonds is 1. The summed E-state index contributed by atoms with van der Waals surface area (Å²) in [6.07, 6.45) is 1.24. The highest BCUT2D eigenvalue weighted by molar-refractivity contribution is 6.07. The van der Waals surface area contributed by atoms with Gasteiger partial charge in [0.05, 0.1) is 0 Å². The van der Waals surface area contributed by atoms with Crippen molar-refractivity contribution in [1.29, 1.82) is 0 Å². The summed E-state index contributed by atoms with van der Waals surface area (Å²) in [4.78, 5) is 14.5. The molecule has 0 bridgehead atoms. The van der Waals surface area contributed by atoms with Crippen molar-refractivity contribution in [2.75, 3.05) is 5.73 Å². The van der Waals surface area contributed by atoms with E-state index in [0.29, 0.717) is 0 Å². The van der Waals surface area contributed by atoms with Gasteiger partial charge in [-0.2, -0.15) is 0 Å². The predicted molar refractivity (Wildman–Crippen MR) is 53.1 cm³/mol. The van der Waals surface area contributed by atoms with Crippen LogP contribution < -0.4 is 5.73 Å². The highest BCUT2D eigenvalue weighted by atomic mass is 19.1. The average Bonchev–Trinajstić information content (AvgIpc) is 2.23. The van der Waals surface area contributed by atoms with Gasteiger partial charge < -0.3 is 10.8 Å². The van der Waals surface area contributed by atoms with Gasteiger partial charge in [-0.25, -0.2) is 14.2 Å². The molecule has 0 aliphatic carbocycles. The van der Waals surface area contributed by atoms with Crippen molar-refractivity contribution in [2.45, 2.75) is 0 Å². The molecule has 0 amide bonds. The Labute approximate surface area is 84.2 Å². The lowest BCUT2D eigenvalue weighted by Crippen LogP contribution is -2.03. The highest BCUT2D eigenvalue weighted by Gasteiger charge is 2.14. The van der Waals surface area contributed by atoms with E-state index in [9.17, 15) is 9.18 Å². The maximum Gasteiger partial charge on any atom is 0.355 e. The lowest BCUT2D eigenvalue weighted by Gasteiger charge is -2.05. The van der Waals surface area contributed by atoms with E-state index < -0.39 is 11.8 Å². The molecular formula is C10H7FN2O2. The number of nitrogen functional groups attached to an aromatic ring is 1. The molecule has 0 saturated heterocycles. The number of nitrogens with two attached hydrogens (primary N) is 1. The third-order valence-electron chi connectivity index (χ3n) is 2.11. The summed E-state index contributed by atoms with van der Waals surface area (Å²) in [5.74, 6) is -1.73. The number of carboxylic acid groups (broad SMARTS) is 1. The predicted octanol–water partition coefficient (Wildman–Crippen LogP) is 1.65. The van der Waals surface area contributed by atoms with Crippen molar-refractivity contribution in [3.8, 4) is 0 Å². The van der Waals surface area contributed by atoms with Gasteiger partial charge in [-0.05, 0) is 18.2 Å². The number of carboxylic acids is 1. The summed E-state index contributed by atoms with van der Waals surface area (Å²) < 4.78 is 13.3. The number of nitrogens with zero attached hydrogens (tertiary/aromatic N) is 1. The largest absolute Gasteiger partial charge is 0.476 e. The Bertz CT molecular complexity index is 554. The quantitative estimate of drug-likeness (QED) is 0.695. The molecule has 2 rings (SSSR count). The van der Waals surface area contributed by atoms with Crippen LogP contribution in [0.3, 0.4) is 0 Å². The first-order valence-electron chi connectivity index (χ1n) is 4.17. The smallest absolute Gasteiger partial charge is 0.355 e. The van der Waals surface area contributed by atoms with Crippen LogP contribution in [-0.2, 0) is 0 Å². The maximum atomic E-state index is 13.3. The van der Waals surface area contributed by atoms with Gasteiger partial charge in [0.2, 0.25) is 0 Å². The molecule has 1 aromatic heterocycles. The summed E-state index contributed by atoms with van der Waals surface area (Å²) in [5, 5.41) is 9.17. The number of carbonyl (C=O) groups is 1. The van der Waals surface area contributed by atoms with E-state index >= 15 is 0 Å². The van der Waals surface area contributed by atoms with E-state index in [-0.39, 0.29) is 22.2 Å². The zero-order valence-corrected chi connectivity index (χ0v) is 7.57. The second-order valence-electron chi connectivity index (χ2n) is 3.02. The van der Waals surface area contributed by atoms with Crippen molar-refractivity contribution in [2.24, 2.45) is 0 Å². The van der Waals surface area contributed by atoms with Gasteiger partial charge in [-0.15, -0.1) is 0 Å². The zero-order valence-electron chi connectivity index (χ0n) is 7.57. The Morgan fingerprint density at radius 1 is 1.40 bits per heavy atom. The molecule has 76 valence electrons. The van der Waals surface area contributed by atoms with E-state index in [4.69, 9.17) is 10.8 Å². The minimum Gasteiger partial charge on any atom is -0.476 e. The lowest BCUT2D eigenvalue weighted by molar-refractivity contribution is 0.0693. The van der Waals surface area contributed by atoms with Crippen LogP contribution >= 0.6 is 0 Å². The molecule has 3 N–H and O–H groups in total. The van der Waals surface area contributed by atoms with Crippen LogP contribution in [0, 0.1) is 5.82 Å². The van der Waals surface area contributed by atoms with Crippen LogP contribution in [0.1, 0.15) is 10.5 Å². The van der Waals surface area contributed by atoms with E-state index in [0.717, 1.165) is 0 Å². The number of benzene rings is 1. The average molecular weight is 206 g/mol. The number of anilines is 1. The minimum atomic E-state index is -1.22. The molecule has 0 aliphatic rings. The van der Waals surface area contributed by atoms with Gasteiger partial charge in [0.15, 0.2) is 5.69 Å². The standard InChI is InChI=1S/C10H7FN2O2/c11-6-1-2-7(12)8-5(6)3-4-13-9(8)10(14)15/h1-4H,12H2,(H,14,15). The molecular weight excluding hydrogens is 199 g/mol. The van der Waals surface area contributed by atoms with Crippen LogP contribution in [0.2, 0.25) is 0 Å². The maximum absolute atomic E-state index is 13.3. The molecule has 1 heterocycles. The Morgan fingerprint density at radius 2 is 2.13 bits per heavy atom. The number of halogens is 1. The molecule has 4 nitrogen and oxygen atoms in total. The fourth-order valence-electron chi connectivity index (χ4n) is 1.45. The Morgan fingerprint density at radius 3 is 2.80 bits per heavy atom. The van der Waals surface area contributed by atoms with E-state index in [1.54, 1.807) is 0 Å². The molecule has 0 spiro atoms. The molecule has 1 aromatic carbocycles. The van der Waals surface area contributed by atoms with Crippen LogP contribution in [0.4, 0.5) is 10.1 Å². The van der Waals surface area contributed by atoms with Gasteiger partial charge in [-0.1, -0.05) is 0 Å². The molecule has 5 heteroatoms. The van der Waals surface area contributed by atoms with Crippen molar-refractivity contribution in [3.05, 3.63) is 35.9 Å². The van der Waals surface area contributed by atoms with Gasteiger partial charge >= 0.3 is 5.97 Å². The molecule has 0 unspecified atom stereocenters. The van der Waals surface area contributed by atoms with Gasteiger partial charge in [0, 0.05) is 22.7 Å². The molecule has 2 aromatic rings. The van der Waals surface area contributed by atoms with Crippen molar-refractivity contribution >= 4 is 22.4 Å². The summed E-state index contributed by atoms with van der Waals surface area (Å²) in [6.45, 7) is 0. The van der Waals surface area contributed by atoms with Crippen LogP contribution in [-0.4, -0.2) is 16.1 Å². The lowest BCUT2D eigenvalue weighted by atomic mass is 10.1. The first-order chi connectivity index (χ1) is 7.11. The fraction of sp³-hybridized carbons (Fsp3) is 0. The third-order valence-corrected chi connectivity index (χ3v) is 2.11. The third kappa shape index (κ3) is 1.38. The summed E-state index contributed by atoms with van der Waals surface area (Å²) >= 11 is 0. The number of aromatic nitrogens is 1. The van der Waals surface area contributed by atoms with E-state index in [1.807, 2.05) is 0 Å². The van der Waals surface area contributed by atoms with Crippen molar-refractivity contribution in [3.63, 3.8) is 0 Å². The van der Waals surface area contributed by atoms with Gasteiger partial charge in [0.25, 0.3) is 0 Å². The number of aromatic carboxylic acids is 1. The number of hydrogen-bond donors (Lipinski definition) is 2. The SMILES string of the molecule is Nc1ccc(F)c2ccnc(C(=O)O)c12. The summed E-state index contributed by atoms with van der Waals surface area (Å²) in [5.41, 5.74) is 5.57. The molecule has 15 heavy (non-hydrogen) atoms. The summed E-state index contributed by atoms with van der Waals surface area (Å²) in [6, 6.07) is 3.92. The van der Waals surface area contributed by atoms with E-state index in [1.165, 1.54) is 24.4 Å². The summed E-state index contributed by atoms with van der Waals surface area (Å²) in [7, 11) is 0. The molecule has 0 radical (unpaired) electrons. The topological polar surface area (TPSA) is 76.2 Å². The second-order valence-corrected chi connectivity index (χ2v) is 3.02. The Kier molecular flexibility index (Phi) is 2.00. The highest BCUT2D eigenvalue weighted by Crippen LogP contribution is 2.25. The fourth-order valence-corrected chi connectivity index (χ4v) is 1.45. The minimum absolute atomic E-state index is 0.144. The Hall–Kier alpha value is -2.17. The van der Waals surface area contributed by atoms with Crippen LogP contribution in [0.5, 0.6) is 0 Å². The van der Waals surface area contributed by atoms with Crippen LogP contribution in [0.25, 0.3) is 10.8 Å². The van der Waals surface area contributed by atoms with Crippen LogP contribution in [0.15, 0.2) is 24.4 Å². The number of pyridine rings is 1. The molecule has 0 saturated carbocycles. The normalized spacial score (nSPS) is 10.5. The van der Waals surface area contributed by atoms with Crippen molar-refractivity contribution in [1.82, 2.24) is 4.98 Å². The number of hydrogen-bond acceptors (Lipinski definition) is 3. The molecule has 0 atom stereocenters. The first-order valence-corrected chi connectivity index (χ1v) is 4.17. The van der Waals surface area contributed by atoms with E-state index in [2.05, 4.69) is 4.98 Å². The second kappa shape index (κ2) is 3.20. The van der Waals surface area contributed by atoms with Gasteiger partial charge in [-0.3, -0.25) is 0 Å². The Balaban J connectivity index is 2.96. The molecule has 0 aliphatic heterocycles. The van der Waals surface area contributed by atoms with Crippen molar-refractivity contribution < 1.29 is 14.3 Å². The zero-order chi connectivity index (χ0) is 11.0. The monoisotopic (exact) mass is 206 g/mol. The van der Waals surface area contributed by atoms with Gasteiger partial charge in [0.1, 0.15) is 5.82 Å². The first kappa shape index (κ1) is 9.39. The molecule has 0 fully saturated rings.